The molecule has 3 rings (SSSR count). The number of methoxy groups -OCH3 is 1. The molecule has 1 heterocycles. The van der Waals surface area contributed by atoms with Crippen molar-refractivity contribution in [2.45, 2.75) is 38.4 Å². The van der Waals surface area contributed by atoms with Crippen molar-refractivity contribution >= 4 is 41.0 Å². The molecule has 0 aliphatic carbocycles. The van der Waals surface area contributed by atoms with Crippen LogP contribution < -0.4 is 21.1 Å². The predicted octanol–water partition coefficient (Wildman–Crippen LogP) is 4.36. The molecule has 2 aromatic carbocycles. The molecule has 11 nitrogen and oxygen atoms in total. The standard InChI is InChI=1S/C27H31ClF3N5O6/c1-3-4-21(15-5-7-19(25(38)39)20(32)11-15)34-26(40)36-13-23(35-42-14-27(29,30)31)33-12-17(24(36)37)9-16-10-18(28)6-8-22(16)41-2/h5-8,10-11,17,21H,3-4,9,12-14,32H2,1-2H3,(H,33,35)(H,34,40)(H,38,39)/t17-,21+/m0/s1. The van der Waals surface area contributed by atoms with Crippen LogP contribution in [0.4, 0.5) is 23.7 Å². The summed E-state index contributed by atoms with van der Waals surface area (Å²) < 4.78 is 43.3. The number of rotatable bonds is 10. The Morgan fingerprint density at radius 1 is 1.29 bits per heavy atom. The maximum Gasteiger partial charge on any atom is 0.425 e. The molecule has 0 spiro atoms. The van der Waals surface area contributed by atoms with E-state index in [1.807, 2.05) is 6.92 Å². The molecule has 2 atom stereocenters. The molecule has 0 bridgehead atoms. The van der Waals surface area contributed by atoms with Gasteiger partial charge in [-0.3, -0.25) is 9.69 Å². The SMILES string of the molecule is CCC[C@@H](NC(=O)N1CC(=NOCC(F)(F)F)NC[C@H](Cc2cc(Cl)ccc2OC)C1=O)c1ccc(C(=O)O)c(N)c1. The van der Waals surface area contributed by atoms with Crippen molar-refractivity contribution in [3.8, 4) is 5.75 Å². The number of ether oxygens (including phenoxy) is 1. The molecule has 0 radical (unpaired) electrons. The van der Waals surface area contributed by atoms with Gasteiger partial charge in [0.1, 0.15) is 5.75 Å². The first-order valence-corrected chi connectivity index (χ1v) is 13.3. The number of nitrogens with one attached hydrogen (secondary N) is 2. The second-order valence-electron chi connectivity index (χ2n) is 9.53. The minimum absolute atomic E-state index is 0.00262. The molecule has 0 saturated carbocycles. The Hall–Kier alpha value is -4.20. The lowest BCUT2D eigenvalue weighted by Gasteiger charge is -2.26. The number of amides is 3. The van der Waals surface area contributed by atoms with E-state index in [9.17, 15) is 32.7 Å². The normalized spacial score (nSPS) is 17.3. The van der Waals surface area contributed by atoms with Crippen molar-refractivity contribution in [3.63, 3.8) is 0 Å². The zero-order valence-corrected chi connectivity index (χ0v) is 23.6. The van der Waals surface area contributed by atoms with Crippen molar-refractivity contribution in [3.05, 3.63) is 58.1 Å². The van der Waals surface area contributed by atoms with E-state index in [2.05, 4.69) is 20.6 Å². The molecule has 2 aromatic rings. The third kappa shape index (κ3) is 8.65. The number of oxime groups is 1. The molecule has 15 heteroatoms. The van der Waals surface area contributed by atoms with Gasteiger partial charge in [-0.05, 0) is 54.3 Å². The third-order valence-corrected chi connectivity index (χ3v) is 6.65. The molecule has 42 heavy (non-hydrogen) atoms. The van der Waals surface area contributed by atoms with Gasteiger partial charge < -0.3 is 31.0 Å². The number of imide groups is 1. The van der Waals surface area contributed by atoms with E-state index in [4.69, 9.17) is 22.1 Å². The summed E-state index contributed by atoms with van der Waals surface area (Å²) in [6.07, 6.45) is -3.53. The largest absolute Gasteiger partial charge is 0.496 e. The van der Waals surface area contributed by atoms with Crippen molar-refractivity contribution in [1.29, 1.82) is 0 Å². The van der Waals surface area contributed by atoms with Crippen molar-refractivity contribution in [2.75, 3.05) is 32.5 Å². The van der Waals surface area contributed by atoms with Crippen LogP contribution in [-0.2, 0) is 16.1 Å². The Kier molecular flexibility index (Phi) is 10.9. The van der Waals surface area contributed by atoms with Crippen molar-refractivity contribution in [2.24, 2.45) is 11.1 Å². The van der Waals surface area contributed by atoms with Crippen LogP contribution in [0.15, 0.2) is 41.6 Å². The van der Waals surface area contributed by atoms with Crippen LogP contribution in [0.2, 0.25) is 5.02 Å². The van der Waals surface area contributed by atoms with E-state index in [1.54, 1.807) is 18.2 Å². The summed E-state index contributed by atoms with van der Waals surface area (Å²) in [4.78, 5) is 43.9. The highest BCUT2D eigenvalue weighted by atomic mass is 35.5. The highest BCUT2D eigenvalue weighted by molar-refractivity contribution is 6.30. The van der Waals surface area contributed by atoms with Crippen LogP contribution in [0, 0.1) is 5.92 Å². The predicted molar refractivity (Wildman–Crippen MR) is 148 cm³/mol. The summed E-state index contributed by atoms with van der Waals surface area (Å²) in [6.45, 7) is -0.358. The van der Waals surface area contributed by atoms with Gasteiger partial charge in [0.25, 0.3) is 0 Å². The lowest BCUT2D eigenvalue weighted by molar-refractivity contribution is -0.173. The van der Waals surface area contributed by atoms with Crippen molar-refractivity contribution in [1.82, 2.24) is 15.5 Å². The number of carboxylic acid groups (broad SMARTS) is 1. The number of carbonyl (C=O) groups is 3. The smallest absolute Gasteiger partial charge is 0.425 e. The van der Waals surface area contributed by atoms with Crippen LogP contribution >= 0.6 is 11.6 Å². The minimum Gasteiger partial charge on any atom is -0.496 e. The summed E-state index contributed by atoms with van der Waals surface area (Å²) in [7, 11) is 1.45. The molecule has 5 N–H and O–H groups in total. The molecule has 1 saturated heterocycles. The number of carbonyl (C=O) groups excluding carboxylic acids is 2. The summed E-state index contributed by atoms with van der Waals surface area (Å²) in [6, 6.07) is 7.63. The Labute approximate surface area is 244 Å². The fraction of sp³-hybridized carbons (Fsp3) is 0.407. The number of aromatic carboxylic acids is 1. The fourth-order valence-electron chi connectivity index (χ4n) is 4.41. The van der Waals surface area contributed by atoms with Gasteiger partial charge in [0.05, 0.1) is 31.2 Å². The van der Waals surface area contributed by atoms with E-state index < -0.39 is 49.2 Å². The highest BCUT2D eigenvalue weighted by Crippen LogP contribution is 2.27. The highest BCUT2D eigenvalue weighted by Gasteiger charge is 2.35. The third-order valence-electron chi connectivity index (χ3n) is 6.42. The van der Waals surface area contributed by atoms with Gasteiger partial charge in [-0.2, -0.15) is 13.2 Å². The summed E-state index contributed by atoms with van der Waals surface area (Å²) in [5, 5.41) is 18.7. The number of halogens is 4. The maximum atomic E-state index is 13.7. The number of anilines is 1. The number of nitrogens with zero attached hydrogens (tertiary/aromatic N) is 2. The topological polar surface area (TPSA) is 156 Å². The number of nitrogens with two attached hydrogens (primary N) is 1. The average molecular weight is 614 g/mol. The molecular weight excluding hydrogens is 583 g/mol. The van der Waals surface area contributed by atoms with Crippen LogP contribution in [0.3, 0.4) is 0 Å². The Balaban J connectivity index is 1.91. The molecule has 3 amide bonds. The minimum atomic E-state index is -4.64. The number of hydrogen-bond acceptors (Lipinski definition) is 7. The molecule has 0 unspecified atom stereocenters. The van der Waals surface area contributed by atoms with Crippen molar-refractivity contribution < 1.29 is 42.2 Å². The molecule has 1 fully saturated rings. The second kappa shape index (κ2) is 14.1. The number of alkyl halides is 3. The number of benzene rings is 2. The van der Waals surface area contributed by atoms with Crippen LogP contribution in [-0.4, -0.2) is 66.7 Å². The first kappa shape index (κ1) is 32.3. The van der Waals surface area contributed by atoms with E-state index in [1.165, 1.54) is 25.3 Å². The molecule has 1 aliphatic heterocycles. The van der Waals surface area contributed by atoms with Gasteiger partial charge in [0.2, 0.25) is 12.5 Å². The fourth-order valence-corrected chi connectivity index (χ4v) is 4.61. The maximum absolute atomic E-state index is 13.7. The number of amidine groups is 1. The van der Waals surface area contributed by atoms with Crippen LogP contribution in [0.5, 0.6) is 5.75 Å². The lowest BCUT2D eigenvalue weighted by atomic mass is 9.97. The van der Waals surface area contributed by atoms with Gasteiger partial charge in [-0.25, -0.2) is 9.59 Å². The van der Waals surface area contributed by atoms with Crippen LogP contribution in [0.1, 0.15) is 47.3 Å². The van der Waals surface area contributed by atoms with Gasteiger partial charge in [0, 0.05) is 17.3 Å². The molecule has 0 aromatic heterocycles. The van der Waals surface area contributed by atoms with Gasteiger partial charge in [-0.15, -0.1) is 0 Å². The molecule has 228 valence electrons. The summed E-state index contributed by atoms with van der Waals surface area (Å²) >= 11 is 6.14. The van der Waals surface area contributed by atoms with E-state index in [0.717, 1.165) is 4.90 Å². The van der Waals surface area contributed by atoms with E-state index in [0.29, 0.717) is 34.7 Å². The van der Waals surface area contributed by atoms with Gasteiger partial charge >= 0.3 is 18.2 Å². The zero-order valence-electron chi connectivity index (χ0n) is 22.8. The van der Waals surface area contributed by atoms with E-state index >= 15 is 0 Å². The monoisotopic (exact) mass is 613 g/mol. The van der Waals surface area contributed by atoms with Gasteiger partial charge in [0.15, 0.2) is 5.84 Å². The average Bonchev–Trinajstić information content (AvgIpc) is 3.06. The van der Waals surface area contributed by atoms with E-state index in [-0.39, 0.29) is 30.1 Å². The molecule has 1 aliphatic rings. The zero-order chi connectivity index (χ0) is 31.0. The summed E-state index contributed by atoms with van der Waals surface area (Å²) in [5.41, 5.74) is 6.88. The van der Waals surface area contributed by atoms with Crippen LogP contribution in [0.25, 0.3) is 0 Å². The van der Waals surface area contributed by atoms with Gasteiger partial charge in [-0.1, -0.05) is 36.2 Å². The summed E-state index contributed by atoms with van der Waals surface area (Å²) in [5.74, 6) is -2.40. The number of urea groups is 1. The Morgan fingerprint density at radius 3 is 2.64 bits per heavy atom. The molecular formula is C27H31ClF3N5O6. The Morgan fingerprint density at radius 2 is 2.02 bits per heavy atom. The number of nitrogen functional groups attached to an aromatic ring is 1. The Bertz CT molecular complexity index is 1340. The second-order valence-corrected chi connectivity index (χ2v) is 9.97. The number of carboxylic acids is 1. The quantitative estimate of drug-likeness (QED) is 0.227. The first-order chi connectivity index (χ1) is 19.8. The number of hydrogen-bond donors (Lipinski definition) is 4. The lowest BCUT2D eigenvalue weighted by Crippen LogP contribution is -2.48. The first-order valence-electron chi connectivity index (χ1n) is 12.9.